The third-order valence-corrected chi connectivity index (χ3v) is 6.11. The fourth-order valence-electron chi connectivity index (χ4n) is 2.31. The van der Waals surface area contributed by atoms with Gasteiger partial charge in [-0.25, -0.2) is 0 Å². The minimum atomic E-state index is 0.164. The van der Waals surface area contributed by atoms with Crippen molar-refractivity contribution >= 4 is 44.8 Å². The van der Waals surface area contributed by atoms with Gasteiger partial charge in [0.15, 0.2) is 0 Å². The number of benzene rings is 1. The van der Waals surface area contributed by atoms with Crippen LogP contribution in [0.1, 0.15) is 6.42 Å². The number of hydrogen-bond donors (Lipinski definition) is 0. The molecule has 1 aromatic carbocycles. The second-order valence-electron chi connectivity index (χ2n) is 5.03. The largest absolute Gasteiger partial charge is 0.410 e. The maximum atomic E-state index is 6.44. The summed E-state index contributed by atoms with van der Waals surface area (Å²) in [5, 5.41) is 10.4. The molecular formula is C15H13ClN2O3S2. The number of thioether (sulfide) groups is 1. The highest BCUT2D eigenvalue weighted by Crippen LogP contribution is 2.41. The number of fused-ring (bicyclic) bond motifs is 1. The summed E-state index contributed by atoms with van der Waals surface area (Å²) in [6, 6.07) is 7.98. The lowest BCUT2D eigenvalue weighted by atomic mass is 10.2. The Balaban J connectivity index is 1.51. The van der Waals surface area contributed by atoms with Crippen molar-refractivity contribution in [3.63, 3.8) is 0 Å². The Morgan fingerprint density at radius 1 is 1.30 bits per heavy atom. The first kappa shape index (κ1) is 15.4. The summed E-state index contributed by atoms with van der Waals surface area (Å²) in [4.78, 5) is 0.814. The molecule has 3 aromatic rings. The van der Waals surface area contributed by atoms with Crippen LogP contribution in [0.5, 0.6) is 0 Å². The third-order valence-electron chi connectivity index (χ3n) is 3.50. The van der Waals surface area contributed by atoms with Gasteiger partial charge in [0, 0.05) is 15.8 Å². The van der Waals surface area contributed by atoms with E-state index in [1.807, 2.05) is 24.3 Å². The van der Waals surface area contributed by atoms with Crippen LogP contribution >= 0.6 is 34.7 Å². The highest BCUT2D eigenvalue weighted by Gasteiger charge is 2.19. The summed E-state index contributed by atoms with van der Waals surface area (Å²) in [6.07, 6.45) is 1.05. The summed E-state index contributed by atoms with van der Waals surface area (Å²) < 4.78 is 17.5. The lowest BCUT2D eigenvalue weighted by Crippen LogP contribution is -2.25. The molecule has 1 aliphatic rings. The van der Waals surface area contributed by atoms with E-state index >= 15 is 0 Å². The van der Waals surface area contributed by atoms with Crippen molar-refractivity contribution in [3.05, 3.63) is 29.3 Å². The van der Waals surface area contributed by atoms with E-state index in [2.05, 4.69) is 10.2 Å². The predicted octanol–water partition coefficient (Wildman–Crippen LogP) is 4.46. The molecule has 0 saturated carbocycles. The Kier molecular flexibility index (Phi) is 4.54. The van der Waals surface area contributed by atoms with Gasteiger partial charge in [-0.2, -0.15) is 0 Å². The van der Waals surface area contributed by atoms with E-state index < -0.39 is 0 Å². The van der Waals surface area contributed by atoms with E-state index in [0.717, 1.165) is 33.7 Å². The van der Waals surface area contributed by atoms with Crippen molar-refractivity contribution in [1.82, 2.24) is 10.2 Å². The average molecular weight is 369 g/mol. The second-order valence-corrected chi connectivity index (χ2v) is 7.43. The Labute approximate surface area is 145 Å². The molecule has 1 aliphatic heterocycles. The SMILES string of the molecule is Clc1c(-c2nnc(SC[C@H]3CCOCO3)o2)sc2ccccc12. The van der Waals surface area contributed by atoms with Gasteiger partial charge in [0.1, 0.15) is 11.7 Å². The van der Waals surface area contributed by atoms with Crippen molar-refractivity contribution in [3.8, 4) is 10.8 Å². The molecule has 0 bridgehead atoms. The molecule has 23 heavy (non-hydrogen) atoms. The first-order valence-electron chi connectivity index (χ1n) is 7.14. The average Bonchev–Trinajstić information content (AvgIpc) is 3.19. The van der Waals surface area contributed by atoms with E-state index in [1.165, 1.54) is 11.8 Å². The smallest absolute Gasteiger partial charge is 0.276 e. The molecule has 1 fully saturated rings. The number of ether oxygens (including phenoxy) is 2. The van der Waals surface area contributed by atoms with Crippen molar-refractivity contribution < 1.29 is 13.9 Å². The van der Waals surface area contributed by atoms with Gasteiger partial charge in [0.05, 0.1) is 17.7 Å². The van der Waals surface area contributed by atoms with Crippen LogP contribution in [0, 0.1) is 0 Å². The summed E-state index contributed by atoms with van der Waals surface area (Å²) >= 11 is 9.50. The van der Waals surface area contributed by atoms with Crippen LogP contribution in [0.3, 0.4) is 0 Å². The molecule has 0 unspecified atom stereocenters. The first-order chi connectivity index (χ1) is 11.3. The summed E-state index contributed by atoms with van der Waals surface area (Å²) in [7, 11) is 0. The van der Waals surface area contributed by atoms with Crippen LogP contribution in [0.25, 0.3) is 20.9 Å². The zero-order valence-corrected chi connectivity index (χ0v) is 14.4. The highest BCUT2D eigenvalue weighted by atomic mass is 35.5. The van der Waals surface area contributed by atoms with E-state index in [-0.39, 0.29) is 6.10 Å². The van der Waals surface area contributed by atoms with Gasteiger partial charge in [-0.15, -0.1) is 21.5 Å². The molecule has 0 radical (unpaired) electrons. The van der Waals surface area contributed by atoms with Gasteiger partial charge in [0.2, 0.25) is 0 Å². The highest BCUT2D eigenvalue weighted by molar-refractivity contribution is 7.99. The molecule has 8 heteroatoms. The lowest BCUT2D eigenvalue weighted by Gasteiger charge is -2.21. The van der Waals surface area contributed by atoms with E-state index in [9.17, 15) is 0 Å². The number of halogens is 1. The zero-order chi connectivity index (χ0) is 15.6. The zero-order valence-electron chi connectivity index (χ0n) is 12.0. The molecule has 1 saturated heterocycles. The standard InChI is InChI=1S/C15H13ClN2O3S2/c16-12-10-3-1-2-4-11(10)23-13(12)14-17-18-15(21-14)22-7-9-5-6-19-8-20-9/h1-4,9H,5-8H2/t9-/m1/s1. The molecule has 0 N–H and O–H groups in total. The van der Waals surface area contributed by atoms with Crippen molar-refractivity contribution in [2.45, 2.75) is 17.7 Å². The molecule has 2 aromatic heterocycles. The Hall–Kier alpha value is -1.12. The maximum Gasteiger partial charge on any atom is 0.276 e. The normalized spacial score (nSPS) is 18.6. The minimum absolute atomic E-state index is 0.164. The summed E-state index contributed by atoms with van der Waals surface area (Å²) in [5.41, 5.74) is 0. The first-order valence-corrected chi connectivity index (χ1v) is 9.32. The van der Waals surface area contributed by atoms with Gasteiger partial charge >= 0.3 is 0 Å². The number of nitrogens with zero attached hydrogens (tertiary/aromatic N) is 2. The van der Waals surface area contributed by atoms with E-state index in [4.69, 9.17) is 25.5 Å². The maximum absolute atomic E-state index is 6.44. The van der Waals surface area contributed by atoms with Crippen LogP contribution in [0.2, 0.25) is 5.02 Å². The molecule has 0 spiro atoms. The van der Waals surface area contributed by atoms with E-state index in [1.54, 1.807) is 11.3 Å². The van der Waals surface area contributed by atoms with Gasteiger partial charge < -0.3 is 13.9 Å². The number of hydrogen-bond acceptors (Lipinski definition) is 7. The van der Waals surface area contributed by atoms with Crippen molar-refractivity contribution in [2.24, 2.45) is 0 Å². The van der Waals surface area contributed by atoms with Crippen LogP contribution in [-0.4, -0.2) is 35.5 Å². The summed E-state index contributed by atoms with van der Waals surface area (Å²) in [5.74, 6) is 1.23. The fraction of sp³-hybridized carbons (Fsp3) is 0.333. The molecule has 0 amide bonds. The Morgan fingerprint density at radius 3 is 3.04 bits per heavy atom. The van der Waals surface area contributed by atoms with Crippen molar-refractivity contribution in [1.29, 1.82) is 0 Å². The molecule has 3 heterocycles. The second kappa shape index (κ2) is 6.78. The minimum Gasteiger partial charge on any atom is -0.410 e. The third kappa shape index (κ3) is 3.25. The van der Waals surface area contributed by atoms with Gasteiger partial charge in [-0.05, 0) is 12.5 Å². The quantitative estimate of drug-likeness (QED) is 0.634. The number of rotatable bonds is 4. The Bertz CT molecular complexity index is 814. The monoisotopic (exact) mass is 368 g/mol. The predicted molar refractivity (Wildman–Crippen MR) is 91.2 cm³/mol. The van der Waals surface area contributed by atoms with Gasteiger partial charge in [0.25, 0.3) is 11.1 Å². The molecule has 4 rings (SSSR count). The Morgan fingerprint density at radius 2 is 2.22 bits per heavy atom. The van der Waals surface area contributed by atoms with Gasteiger partial charge in [-0.3, -0.25) is 0 Å². The topological polar surface area (TPSA) is 57.4 Å². The summed E-state index contributed by atoms with van der Waals surface area (Å²) in [6.45, 7) is 1.09. The van der Waals surface area contributed by atoms with Crippen LogP contribution in [0.4, 0.5) is 0 Å². The lowest BCUT2D eigenvalue weighted by molar-refractivity contribution is -0.130. The van der Waals surface area contributed by atoms with E-state index in [0.29, 0.717) is 22.9 Å². The molecule has 5 nitrogen and oxygen atoms in total. The molecular weight excluding hydrogens is 356 g/mol. The van der Waals surface area contributed by atoms with Crippen LogP contribution in [-0.2, 0) is 9.47 Å². The number of aromatic nitrogens is 2. The number of thiophene rings is 1. The molecule has 120 valence electrons. The molecule has 1 atom stereocenters. The molecule has 0 aliphatic carbocycles. The van der Waals surface area contributed by atoms with Gasteiger partial charge in [-0.1, -0.05) is 41.6 Å². The fourth-order valence-corrected chi connectivity index (χ4v) is 4.57. The van der Waals surface area contributed by atoms with Crippen LogP contribution < -0.4 is 0 Å². The van der Waals surface area contributed by atoms with Crippen LogP contribution in [0.15, 0.2) is 33.9 Å². The van der Waals surface area contributed by atoms with Crippen molar-refractivity contribution in [2.75, 3.05) is 19.2 Å².